The number of piperazine rings is 1. The summed E-state index contributed by atoms with van der Waals surface area (Å²) >= 11 is 0. The molecule has 1 saturated heterocycles. The van der Waals surface area contributed by atoms with Crippen molar-refractivity contribution in [3.63, 3.8) is 0 Å². The van der Waals surface area contributed by atoms with Crippen molar-refractivity contribution in [1.82, 2.24) is 25.1 Å². The number of tetrazole rings is 1. The number of amides is 1. The Balaban J connectivity index is 1.63. The van der Waals surface area contributed by atoms with Crippen LogP contribution in [0.3, 0.4) is 0 Å². The van der Waals surface area contributed by atoms with Crippen LogP contribution in [0, 0.1) is 6.92 Å². The number of aryl methyl sites for hydroxylation is 1. The Kier molecular flexibility index (Phi) is 4.52. The molecule has 1 aromatic carbocycles. The van der Waals surface area contributed by atoms with Crippen LogP contribution in [-0.4, -0.2) is 64.2 Å². The number of rotatable bonds is 4. The van der Waals surface area contributed by atoms with Gasteiger partial charge in [0.15, 0.2) is 0 Å². The van der Waals surface area contributed by atoms with E-state index in [-0.39, 0.29) is 12.5 Å². The average Bonchev–Trinajstić information content (AvgIpc) is 3.01. The second-order valence-corrected chi connectivity index (χ2v) is 5.85. The van der Waals surface area contributed by atoms with E-state index in [1.54, 1.807) is 0 Å². The summed E-state index contributed by atoms with van der Waals surface area (Å²) in [7, 11) is 2.15. The Morgan fingerprint density at radius 2 is 2.04 bits per heavy atom. The molecule has 2 heterocycles. The number of hydrogen-bond donors (Lipinski definition) is 1. The smallest absolute Gasteiger partial charge is 0.246 e. The second kappa shape index (κ2) is 6.74. The molecule has 23 heavy (non-hydrogen) atoms. The van der Waals surface area contributed by atoms with Crippen LogP contribution >= 0.6 is 0 Å². The maximum atomic E-state index is 12.0. The minimum absolute atomic E-state index is 0.103. The largest absolute Gasteiger partial charge is 0.369 e. The van der Waals surface area contributed by atoms with Crippen LogP contribution in [0.1, 0.15) is 5.56 Å². The Morgan fingerprint density at radius 3 is 2.70 bits per heavy atom. The van der Waals surface area contributed by atoms with Gasteiger partial charge in [-0.25, -0.2) is 4.68 Å². The van der Waals surface area contributed by atoms with Crippen molar-refractivity contribution in [2.75, 3.05) is 43.4 Å². The van der Waals surface area contributed by atoms with Crippen LogP contribution in [0.2, 0.25) is 0 Å². The Hall–Kier alpha value is -2.48. The van der Waals surface area contributed by atoms with Crippen LogP contribution < -0.4 is 10.2 Å². The molecule has 0 aliphatic carbocycles. The highest BCUT2D eigenvalue weighted by Gasteiger charge is 2.16. The summed E-state index contributed by atoms with van der Waals surface area (Å²) in [5.74, 6) is -0.149. The molecule has 0 spiro atoms. The summed E-state index contributed by atoms with van der Waals surface area (Å²) in [5, 5.41) is 13.6. The zero-order valence-corrected chi connectivity index (χ0v) is 13.4. The maximum absolute atomic E-state index is 12.0. The lowest BCUT2D eigenvalue weighted by Crippen LogP contribution is -2.44. The van der Waals surface area contributed by atoms with Crippen LogP contribution in [0.5, 0.6) is 0 Å². The van der Waals surface area contributed by atoms with E-state index >= 15 is 0 Å². The summed E-state index contributed by atoms with van der Waals surface area (Å²) in [6, 6.07) is 6.02. The number of nitrogens with one attached hydrogen (secondary N) is 1. The Bertz CT molecular complexity index is 662. The molecule has 1 amide bonds. The topological polar surface area (TPSA) is 79.2 Å². The third kappa shape index (κ3) is 3.84. The van der Waals surface area contributed by atoms with Crippen LogP contribution in [0.25, 0.3) is 0 Å². The molecule has 0 unspecified atom stereocenters. The number of aromatic nitrogens is 4. The molecule has 0 radical (unpaired) electrons. The number of hydrogen-bond acceptors (Lipinski definition) is 6. The van der Waals surface area contributed by atoms with Gasteiger partial charge >= 0.3 is 0 Å². The van der Waals surface area contributed by atoms with Gasteiger partial charge in [0, 0.05) is 37.6 Å². The summed E-state index contributed by atoms with van der Waals surface area (Å²) in [4.78, 5) is 16.7. The van der Waals surface area contributed by atoms with Crippen molar-refractivity contribution in [2.45, 2.75) is 13.5 Å². The summed E-state index contributed by atoms with van der Waals surface area (Å²) in [6.07, 6.45) is 1.42. The molecule has 8 heteroatoms. The highest BCUT2D eigenvalue weighted by molar-refractivity contribution is 5.90. The van der Waals surface area contributed by atoms with E-state index in [4.69, 9.17) is 0 Å². The molecule has 1 fully saturated rings. The van der Waals surface area contributed by atoms with Gasteiger partial charge in [-0.2, -0.15) is 0 Å². The van der Waals surface area contributed by atoms with Gasteiger partial charge in [-0.3, -0.25) is 4.79 Å². The lowest BCUT2D eigenvalue weighted by molar-refractivity contribution is -0.116. The third-order valence-electron chi connectivity index (χ3n) is 4.02. The average molecular weight is 315 g/mol. The standard InChI is InChI=1S/C15H21N7O/c1-12-9-13(17-15(23)10-22-11-16-18-19-22)3-4-14(12)21-7-5-20(2)6-8-21/h3-4,9,11H,5-8,10H2,1-2H3,(H,17,23). The Labute approximate surface area is 135 Å². The summed E-state index contributed by atoms with van der Waals surface area (Å²) in [5.41, 5.74) is 3.19. The van der Waals surface area contributed by atoms with E-state index in [1.165, 1.54) is 16.7 Å². The van der Waals surface area contributed by atoms with Crippen LogP contribution in [0.4, 0.5) is 11.4 Å². The van der Waals surface area contributed by atoms with Gasteiger partial charge in [-0.1, -0.05) is 0 Å². The lowest BCUT2D eigenvalue weighted by atomic mass is 10.1. The zero-order chi connectivity index (χ0) is 16.2. The molecule has 1 N–H and O–H groups in total. The number of carbonyl (C=O) groups is 1. The van der Waals surface area contributed by atoms with E-state index < -0.39 is 0 Å². The minimum Gasteiger partial charge on any atom is -0.369 e. The molecule has 0 atom stereocenters. The molecule has 1 aromatic heterocycles. The van der Waals surface area contributed by atoms with Gasteiger partial charge in [-0.15, -0.1) is 5.10 Å². The fourth-order valence-corrected chi connectivity index (χ4v) is 2.74. The fraction of sp³-hybridized carbons (Fsp3) is 0.467. The van der Waals surface area contributed by atoms with Crippen molar-refractivity contribution >= 4 is 17.3 Å². The first kappa shape index (κ1) is 15.4. The van der Waals surface area contributed by atoms with E-state index in [0.717, 1.165) is 37.4 Å². The zero-order valence-electron chi connectivity index (χ0n) is 13.4. The van der Waals surface area contributed by atoms with Crippen LogP contribution in [-0.2, 0) is 11.3 Å². The van der Waals surface area contributed by atoms with E-state index in [2.05, 4.69) is 50.7 Å². The van der Waals surface area contributed by atoms with E-state index in [9.17, 15) is 4.79 Å². The van der Waals surface area contributed by atoms with Gasteiger partial charge in [0.1, 0.15) is 12.9 Å². The first-order valence-electron chi connectivity index (χ1n) is 7.66. The maximum Gasteiger partial charge on any atom is 0.246 e. The monoisotopic (exact) mass is 315 g/mol. The number of carbonyl (C=O) groups excluding carboxylic acids is 1. The quantitative estimate of drug-likeness (QED) is 0.878. The van der Waals surface area contributed by atoms with Gasteiger partial charge in [0.05, 0.1) is 0 Å². The van der Waals surface area contributed by atoms with Crippen molar-refractivity contribution in [3.05, 3.63) is 30.1 Å². The van der Waals surface area contributed by atoms with Crippen molar-refractivity contribution < 1.29 is 4.79 Å². The molecule has 8 nitrogen and oxygen atoms in total. The predicted octanol–water partition coefficient (Wildman–Crippen LogP) is 0.372. The molecule has 0 saturated carbocycles. The number of benzene rings is 1. The van der Waals surface area contributed by atoms with E-state index in [0.29, 0.717) is 0 Å². The molecular weight excluding hydrogens is 294 g/mol. The first-order valence-corrected chi connectivity index (χ1v) is 7.66. The molecule has 122 valence electrons. The number of anilines is 2. The highest BCUT2D eigenvalue weighted by atomic mass is 16.2. The molecule has 1 aliphatic heterocycles. The highest BCUT2D eigenvalue weighted by Crippen LogP contribution is 2.24. The first-order chi connectivity index (χ1) is 11.1. The second-order valence-electron chi connectivity index (χ2n) is 5.85. The SMILES string of the molecule is Cc1cc(NC(=O)Cn2cnnn2)ccc1N1CCN(C)CC1. The molecule has 1 aliphatic rings. The van der Waals surface area contributed by atoms with Crippen molar-refractivity contribution in [3.8, 4) is 0 Å². The lowest BCUT2D eigenvalue weighted by Gasteiger charge is -2.35. The van der Waals surface area contributed by atoms with E-state index in [1.807, 2.05) is 12.1 Å². The molecule has 2 aromatic rings. The molecule has 3 rings (SSSR count). The van der Waals surface area contributed by atoms with Gasteiger partial charge < -0.3 is 15.1 Å². The minimum atomic E-state index is -0.149. The predicted molar refractivity (Wildman–Crippen MR) is 87.3 cm³/mol. The number of nitrogens with zero attached hydrogens (tertiary/aromatic N) is 6. The Morgan fingerprint density at radius 1 is 1.26 bits per heavy atom. The number of likely N-dealkylation sites (N-methyl/N-ethyl adjacent to an activating group) is 1. The van der Waals surface area contributed by atoms with Gasteiger partial charge in [0.2, 0.25) is 5.91 Å². The van der Waals surface area contributed by atoms with Gasteiger partial charge in [0.25, 0.3) is 0 Å². The fourth-order valence-electron chi connectivity index (χ4n) is 2.74. The molecular formula is C15H21N7O. The third-order valence-corrected chi connectivity index (χ3v) is 4.02. The summed E-state index contributed by atoms with van der Waals surface area (Å²) < 4.78 is 1.39. The van der Waals surface area contributed by atoms with Crippen molar-refractivity contribution in [1.29, 1.82) is 0 Å². The normalized spacial score (nSPS) is 15.7. The van der Waals surface area contributed by atoms with Gasteiger partial charge in [-0.05, 0) is 48.2 Å². The molecule has 0 bridgehead atoms. The van der Waals surface area contributed by atoms with Crippen molar-refractivity contribution in [2.24, 2.45) is 0 Å². The summed E-state index contributed by atoms with van der Waals surface area (Å²) in [6.45, 7) is 6.38. The van der Waals surface area contributed by atoms with Crippen LogP contribution in [0.15, 0.2) is 24.5 Å².